The minimum absolute atomic E-state index is 0.00375. The molecule has 120 valence electrons. The molecule has 2 heteroatoms. The highest BCUT2D eigenvalue weighted by atomic mass is 16.5. The summed E-state index contributed by atoms with van der Waals surface area (Å²) in [6.07, 6.45) is 16.2. The van der Waals surface area contributed by atoms with Crippen molar-refractivity contribution in [2.75, 3.05) is 7.11 Å². The first-order valence-corrected chi connectivity index (χ1v) is 8.84. The topological polar surface area (TPSA) is 26.3 Å². The van der Waals surface area contributed by atoms with Gasteiger partial charge in [0.15, 0.2) is 0 Å². The zero-order valence-electron chi connectivity index (χ0n) is 14.1. The Bertz CT molecular complexity index is 213. The fourth-order valence-electron chi connectivity index (χ4n) is 2.71. The van der Waals surface area contributed by atoms with Crippen molar-refractivity contribution in [1.29, 1.82) is 0 Å². The molecule has 0 aliphatic heterocycles. The van der Waals surface area contributed by atoms with Gasteiger partial charge in [-0.25, -0.2) is 0 Å². The molecule has 0 aromatic heterocycles. The standard InChI is InChI=1S/C18H36O2/c1-4-6-8-9-10-11-12-14-16-17(18(19)20-3)15-13-7-5-2/h17H,4-16H2,1-3H3. The summed E-state index contributed by atoms with van der Waals surface area (Å²) < 4.78 is 4.93. The highest BCUT2D eigenvalue weighted by Crippen LogP contribution is 2.19. The van der Waals surface area contributed by atoms with Crippen LogP contribution in [0.1, 0.15) is 97.3 Å². The second-order valence-electron chi connectivity index (χ2n) is 5.98. The molecule has 0 bridgehead atoms. The number of carbonyl (C=O) groups excluding carboxylic acids is 1. The molecule has 2 nitrogen and oxygen atoms in total. The number of hydrogen-bond donors (Lipinski definition) is 0. The zero-order valence-corrected chi connectivity index (χ0v) is 14.1. The number of unbranched alkanes of at least 4 members (excludes halogenated alkanes) is 9. The van der Waals surface area contributed by atoms with Gasteiger partial charge in [-0.15, -0.1) is 0 Å². The summed E-state index contributed by atoms with van der Waals surface area (Å²) in [4.78, 5) is 11.7. The number of rotatable bonds is 14. The molecule has 1 atom stereocenters. The van der Waals surface area contributed by atoms with Crippen molar-refractivity contribution in [2.45, 2.75) is 97.3 Å². The van der Waals surface area contributed by atoms with Crippen LogP contribution in [0.25, 0.3) is 0 Å². The van der Waals surface area contributed by atoms with E-state index in [0.717, 1.165) is 19.3 Å². The van der Waals surface area contributed by atoms with Crippen molar-refractivity contribution >= 4 is 5.97 Å². The van der Waals surface area contributed by atoms with E-state index in [2.05, 4.69) is 13.8 Å². The Kier molecular flexibility index (Phi) is 14.5. The number of carbonyl (C=O) groups is 1. The maximum atomic E-state index is 11.7. The summed E-state index contributed by atoms with van der Waals surface area (Å²) in [5.41, 5.74) is 0. The van der Waals surface area contributed by atoms with E-state index in [9.17, 15) is 4.79 Å². The first kappa shape index (κ1) is 19.5. The highest BCUT2D eigenvalue weighted by Gasteiger charge is 2.17. The van der Waals surface area contributed by atoms with Crippen LogP contribution in [0, 0.1) is 5.92 Å². The van der Waals surface area contributed by atoms with Crippen LogP contribution in [-0.4, -0.2) is 13.1 Å². The molecule has 0 rings (SSSR count). The fraction of sp³-hybridized carbons (Fsp3) is 0.944. The molecule has 0 aromatic rings. The van der Waals surface area contributed by atoms with E-state index < -0.39 is 0 Å². The van der Waals surface area contributed by atoms with Gasteiger partial charge in [0.1, 0.15) is 0 Å². The molecule has 0 fully saturated rings. The van der Waals surface area contributed by atoms with Gasteiger partial charge in [-0.3, -0.25) is 4.79 Å². The molecule has 0 amide bonds. The minimum Gasteiger partial charge on any atom is -0.469 e. The number of hydrogen-bond acceptors (Lipinski definition) is 2. The lowest BCUT2D eigenvalue weighted by Crippen LogP contribution is -2.16. The van der Waals surface area contributed by atoms with Gasteiger partial charge in [0.2, 0.25) is 0 Å². The number of esters is 1. The van der Waals surface area contributed by atoms with Gasteiger partial charge < -0.3 is 4.74 Å². The Morgan fingerprint density at radius 3 is 1.65 bits per heavy atom. The smallest absolute Gasteiger partial charge is 0.308 e. The van der Waals surface area contributed by atoms with Crippen molar-refractivity contribution in [3.05, 3.63) is 0 Å². The van der Waals surface area contributed by atoms with E-state index in [1.807, 2.05) is 0 Å². The van der Waals surface area contributed by atoms with Crippen LogP contribution in [0.5, 0.6) is 0 Å². The third-order valence-corrected chi connectivity index (χ3v) is 4.10. The molecule has 0 saturated carbocycles. The van der Waals surface area contributed by atoms with E-state index in [1.54, 1.807) is 0 Å². The molecular formula is C18H36O2. The molecule has 0 aliphatic carbocycles. The van der Waals surface area contributed by atoms with Crippen molar-refractivity contribution in [3.8, 4) is 0 Å². The van der Waals surface area contributed by atoms with Crippen LogP contribution >= 0.6 is 0 Å². The molecule has 0 spiro atoms. The van der Waals surface area contributed by atoms with Crippen LogP contribution in [0.2, 0.25) is 0 Å². The lowest BCUT2D eigenvalue weighted by molar-refractivity contribution is -0.146. The van der Waals surface area contributed by atoms with Crippen molar-refractivity contribution in [2.24, 2.45) is 5.92 Å². The molecule has 0 aliphatic rings. The lowest BCUT2D eigenvalue weighted by atomic mass is 9.94. The van der Waals surface area contributed by atoms with E-state index in [-0.39, 0.29) is 11.9 Å². The van der Waals surface area contributed by atoms with E-state index in [4.69, 9.17) is 4.74 Å². The third-order valence-electron chi connectivity index (χ3n) is 4.10. The van der Waals surface area contributed by atoms with Crippen molar-refractivity contribution in [1.82, 2.24) is 0 Å². The summed E-state index contributed by atoms with van der Waals surface area (Å²) in [6, 6.07) is 0. The normalized spacial score (nSPS) is 12.3. The monoisotopic (exact) mass is 284 g/mol. The van der Waals surface area contributed by atoms with Crippen LogP contribution in [-0.2, 0) is 9.53 Å². The Balaban J connectivity index is 3.60. The molecule has 0 heterocycles. The third kappa shape index (κ3) is 11.3. The lowest BCUT2D eigenvalue weighted by Gasteiger charge is -2.14. The molecular weight excluding hydrogens is 248 g/mol. The first-order valence-electron chi connectivity index (χ1n) is 8.84. The Hall–Kier alpha value is -0.530. The Morgan fingerprint density at radius 2 is 1.15 bits per heavy atom. The number of ether oxygens (including phenoxy) is 1. The average Bonchev–Trinajstić information content (AvgIpc) is 2.47. The highest BCUT2D eigenvalue weighted by molar-refractivity contribution is 5.72. The second kappa shape index (κ2) is 14.9. The Labute approximate surface area is 126 Å². The first-order chi connectivity index (χ1) is 9.76. The predicted molar refractivity (Wildman–Crippen MR) is 86.9 cm³/mol. The van der Waals surface area contributed by atoms with Crippen LogP contribution < -0.4 is 0 Å². The van der Waals surface area contributed by atoms with E-state index in [0.29, 0.717) is 0 Å². The summed E-state index contributed by atoms with van der Waals surface area (Å²) >= 11 is 0. The van der Waals surface area contributed by atoms with Gasteiger partial charge in [-0.05, 0) is 12.8 Å². The summed E-state index contributed by atoms with van der Waals surface area (Å²) in [7, 11) is 1.52. The largest absolute Gasteiger partial charge is 0.469 e. The fourth-order valence-corrected chi connectivity index (χ4v) is 2.71. The SMILES string of the molecule is CCCCCCCCCCC(CCCCC)C(=O)OC. The van der Waals surface area contributed by atoms with Crippen LogP contribution in [0.4, 0.5) is 0 Å². The van der Waals surface area contributed by atoms with Crippen molar-refractivity contribution in [3.63, 3.8) is 0 Å². The van der Waals surface area contributed by atoms with Gasteiger partial charge >= 0.3 is 5.97 Å². The van der Waals surface area contributed by atoms with Crippen molar-refractivity contribution < 1.29 is 9.53 Å². The summed E-state index contributed by atoms with van der Waals surface area (Å²) in [5.74, 6) is 0.149. The molecule has 0 radical (unpaired) electrons. The summed E-state index contributed by atoms with van der Waals surface area (Å²) in [5, 5.41) is 0. The van der Waals surface area contributed by atoms with Gasteiger partial charge in [0.05, 0.1) is 13.0 Å². The quantitative estimate of drug-likeness (QED) is 0.294. The van der Waals surface area contributed by atoms with Crippen LogP contribution in [0.15, 0.2) is 0 Å². The van der Waals surface area contributed by atoms with Gasteiger partial charge in [-0.1, -0.05) is 84.5 Å². The summed E-state index contributed by atoms with van der Waals surface area (Å²) in [6.45, 7) is 4.46. The van der Waals surface area contributed by atoms with E-state index in [1.165, 1.54) is 71.3 Å². The molecule has 1 unspecified atom stereocenters. The maximum absolute atomic E-state index is 11.7. The number of methoxy groups -OCH3 is 1. The van der Waals surface area contributed by atoms with E-state index >= 15 is 0 Å². The molecule has 0 saturated heterocycles. The van der Waals surface area contributed by atoms with Gasteiger partial charge in [0.25, 0.3) is 0 Å². The molecule has 0 aromatic carbocycles. The van der Waals surface area contributed by atoms with Gasteiger partial charge in [0, 0.05) is 0 Å². The second-order valence-corrected chi connectivity index (χ2v) is 5.98. The Morgan fingerprint density at radius 1 is 0.750 bits per heavy atom. The predicted octanol–water partition coefficient (Wildman–Crippen LogP) is 5.89. The zero-order chi connectivity index (χ0) is 15.1. The van der Waals surface area contributed by atoms with Crippen LogP contribution in [0.3, 0.4) is 0 Å². The minimum atomic E-state index is 0.00375. The molecule has 0 N–H and O–H groups in total. The maximum Gasteiger partial charge on any atom is 0.308 e. The van der Waals surface area contributed by atoms with Gasteiger partial charge in [-0.2, -0.15) is 0 Å². The average molecular weight is 284 g/mol. The molecule has 20 heavy (non-hydrogen) atoms.